The van der Waals surface area contributed by atoms with Gasteiger partial charge >= 0.3 is 5.97 Å². The monoisotopic (exact) mass is 493 g/mol. The summed E-state index contributed by atoms with van der Waals surface area (Å²) >= 11 is 5.44. The third-order valence-corrected chi connectivity index (χ3v) is 6.68. The van der Waals surface area contributed by atoms with Crippen molar-refractivity contribution in [3.05, 3.63) is 76.5 Å². The van der Waals surface area contributed by atoms with Gasteiger partial charge < -0.3 is 20.3 Å². The minimum Gasteiger partial charge on any atom is -0.463 e. The lowest BCUT2D eigenvalue weighted by Crippen LogP contribution is -2.46. The number of anilines is 1. The normalized spacial score (nSPS) is 15.6. The summed E-state index contributed by atoms with van der Waals surface area (Å²) in [6, 6.07) is 14.8. The van der Waals surface area contributed by atoms with Gasteiger partial charge in [-0.3, -0.25) is 4.79 Å². The van der Waals surface area contributed by atoms with Gasteiger partial charge in [0.25, 0.3) is 5.91 Å². The molecule has 0 saturated carbocycles. The van der Waals surface area contributed by atoms with Crippen LogP contribution in [-0.2, 0) is 16.0 Å². The number of aryl methyl sites for hydroxylation is 1. The van der Waals surface area contributed by atoms with Gasteiger partial charge in [0.05, 0.1) is 18.2 Å². The molecule has 1 unspecified atom stereocenters. The number of rotatable bonds is 10. The van der Waals surface area contributed by atoms with E-state index in [0.29, 0.717) is 28.5 Å². The van der Waals surface area contributed by atoms with Gasteiger partial charge in [-0.1, -0.05) is 50.5 Å². The summed E-state index contributed by atoms with van der Waals surface area (Å²) in [7, 11) is 1.82. The van der Waals surface area contributed by atoms with Crippen molar-refractivity contribution in [2.45, 2.75) is 58.9 Å². The molecule has 1 aliphatic rings. The highest BCUT2D eigenvalue weighted by molar-refractivity contribution is 7.80. The average Bonchev–Trinajstić information content (AvgIpc) is 2.86. The van der Waals surface area contributed by atoms with Gasteiger partial charge in [0.1, 0.15) is 0 Å². The standard InChI is InChI=1S/C28H35N3O3S/c1-5-7-8-9-10-20-11-13-22(14-12-20)26(32)29-23-17-15-21(16-18-23)25-24(27(33)34-6-2)19(3)31(4)28(35)30-25/h11-18,25H,5-10H2,1-4H3,(H,29,32)(H,30,35). The van der Waals surface area contributed by atoms with Gasteiger partial charge in [0, 0.05) is 24.0 Å². The van der Waals surface area contributed by atoms with Crippen LogP contribution >= 0.6 is 12.2 Å². The van der Waals surface area contributed by atoms with Crippen LogP contribution in [0.25, 0.3) is 0 Å². The van der Waals surface area contributed by atoms with E-state index in [1.165, 1.54) is 31.2 Å². The van der Waals surface area contributed by atoms with E-state index < -0.39 is 6.04 Å². The summed E-state index contributed by atoms with van der Waals surface area (Å²) in [5.74, 6) is -0.528. The van der Waals surface area contributed by atoms with Gasteiger partial charge in [-0.05, 0) is 74.3 Å². The Kier molecular flexibility index (Phi) is 9.43. The highest BCUT2D eigenvalue weighted by atomic mass is 32.1. The minimum absolute atomic E-state index is 0.156. The molecule has 0 saturated heterocycles. The molecule has 1 aliphatic heterocycles. The SMILES string of the molecule is CCCCCCc1ccc(C(=O)Nc2ccc(C3NC(=S)N(C)C(C)=C3C(=O)OCC)cc2)cc1. The zero-order chi connectivity index (χ0) is 25.4. The number of thiocarbonyl (C=S) groups is 1. The van der Waals surface area contributed by atoms with Gasteiger partial charge in [-0.25, -0.2) is 4.79 Å². The number of allylic oxidation sites excluding steroid dienone is 1. The summed E-state index contributed by atoms with van der Waals surface area (Å²) in [5.41, 5.74) is 4.69. The molecular weight excluding hydrogens is 458 g/mol. The predicted octanol–water partition coefficient (Wildman–Crippen LogP) is 5.76. The number of ether oxygens (including phenoxy) is 1. The second kappa shape index (κ2) is 12.5. The van der Waals surface area contributed by atoms with Crippen molar-refractivity contribution in [1.29, 1.82) is 0 Å². The van der Waals surface area contributed by atoms with E-state index >= 15 is 0 Å². The third kappa shape index (κ3) is 6.69. The highest BCUT2D eigenvalue weighted by Gasteiger charge is 2.33. The molecule has 1 heterocycles. The first kappa shape index (κ1) is 26.4. The van der Waals surface area contributed by atoms with Crippen LogP contribution in [-0.4, -0.2) is 35.5 Å². The van der Waals surface area contributed by atoms with Crippen molar-refractivity contribution in [3.8, 4) is 0 Å². The van der Waals surface area contributed by atoms with Crippen molar-refractivity contribution in [3.63, 3.8) is 0 Å². The van der Waals surface area contributed by atoms with E-state index in [-0.39, 0.29) is 11.9 Å². The zero-order valence-corrected chi connectivity index (χ0v) is 21.8. The molecule has 3 rings (SSSR count). The molecule has 2 aromatic rings. The molecule has 0 spiro atoms. The third-order valence-electron chi connectivity index (χ3n) is 6.29. The van der Waals surface area contributed by atoms with Crippen LogP contribution in [0.1, 0.15) is 74.0 Å². The summed E-state index contributed by atoms with van der Waals surface area (Å²) < 4.78 is 5.29. The number of hydrogen-bond donors (Lipinski definition) is 2. The second-order valence-electron chi connectivity index (χ2n) is 8.74. The molecule has 0 radical (unpaired) electrons. The van der Waals surface area contributed by atoms with Crippen LogP contribution in [0.3, 0.4) is 0 Å². The van der Waals surface area contributed by atoms with Crippen molar-refractivity contribution in [2.24, 2.45) is 0 Å². The number of nitrogens with one attached hydrogen (secondary N) is 2. The maximum atomic E-state index is 12.7. The number of carbonyl (C=O) groups is 2. The Bertz CT molecular complexity index is 1080. The minimum atomic E-state index is -0.424. The molecule has 0 fully saturated rings. The van der Waals surface area contributed by atoms with E-state index in [0.717, 1.165) is 17.7 Å². The van der Waals surface area contributed by atoms with Gasteiger partial charge in [0.2, 0.25) is 0 Å². The zero-order valence-electron chi connectivity index (χ0n) is 21.0. The van der Waals surface area contributed by atoms with E-state index in [1.54, 1.807) is 11.8 Å². The lowest BCUT2D eigenvalue weighted by atomic mass is 9.95. The van der Waals surface area contributed by atoms with Crippen LogP contribution in [0.5, 0.6) is 0 Å². The van der Waals surface area contributed by atoms with Gasteiger partial charge in [0.15, 0.2) is 5.11 Å². The van der Waals surface area contributed by atoms with Crippen LogP contribution in [0.15, 0.2) is 59.8 Å². The molecule has 1 amide bonds. The maximum absolute atomic E-state index is 12.7. The molecular formula is C28H35N3O3S. The Morgan fingerprint density at radius 2 is 1.71 bits per heavy atom. The molecule has 0 aromatic heterocycles. The Labute approximate surface area is 213 Å². The molecule has 6 nitrogen and oxygen atoms in total. The smallest absolute Gasteiger partial charge is 0.338 e. The highest BCUT2D eigenvalue weighted by Crippen LogP contribution is 2.31. The van der Waals surface area contributed by atoms with Crippen molar-refractivity contribution in [2.75, 3.05) is 19.0 Å². The lowest BCUT2D eigenvalue weighted by molar-refractivity contribution is -0.139. The van der Waals surface area contributed by atoms with E-state index in [1.807, 2.05) is 62.5 Å². The Morgan fingerprint density at radius 1 is 1.03 bits per heavy atom. The van der Waals surface area contributed by atoms with Crippen molar-refractivity contribution in [1.82, 2.24) is 10.2 Å². The molecule has 2 N–H and O–H groups in total. The fourth-order valence-electron chi connectivity index (χ4n) is 4.10. The number of amides is 1. The largest absolute Gasteiger partial charge is 0.463 e. The predicted molar refractivity (Wildman–Crippen MR) is 144 cm³/mol. The topological polar surface area (TPSA) is 70.7 Å². The van der Waals surface area contributed by atoms with E-state index in [2.05, 4.69) is 17.6 Å². The number of unbranched alkanes of at least 4 members (excludes halogenated alkanes) is 3. The maximum Gasteiger partial charge on any atom is 0.338 e. The first-order chi connectivity index (χ1) is 16.8. The number of nitrogens with zero attached hydrogens (tertiary/aromatic N) is 1. The van der Waals surface area contributed by atoms with E-state index in [9.17, 15) is 9.59 Å². The van der Waals surface area contributed by atoms with Crippen LogP contribution < -0.4 is 10.6 Å². The summed E-state index contributed by atoms with van der Waals surface area (Å²) in [6.07, 6.45) is 5.95. The molecule has 2 aromatic carbocycles. The van der Waals surface area contributed by atoms with Crippen molar-refractivity contribution < 1.29 is 14.3 Å². The molecule has 0 aliphatic carbocycles. The Balaban J connectivity index is 1.68. The molecule has 35 heavy (non-hydrogen) atoms. The molecule has 0 bridgehead atoms. The van der Waals surface area contributed by atoms with Gasteiger partial charge in [-0.15, -0.1) is 0 Å². The number of hydrogen-bond acceptors (Lipinski definition) is 4. The first-order valence-corrected chi connectivity index (χ1v) is 12.7. The summed E-state index contributed by atoms with van der Waals surface area (Å²) in [6.45, 7) is 6.14. The lowest BCUT2D eigenvalue weighted by Gasteiger charge is -2.35. The number of esters is 1. The second-order valence-corrected chi connectivity index (χ2v) is 9.13. The average molecular weight is 494 g/mol. The number of carbonyl (C=O) groups excluding carboxylic acids is 2. The molecule has 186 valence electrons. The Hall–Kier alpha value is -3.19. The number of benzene rings is 2. The van der Waals surface area contributed by atoms with Crippen molar-refractivity contribution >= 4 is 34.9 Å². The fraction of sp³-hybridized carbons (Fsp3) is 0.393. The Morgan fingerprint density at radius 3 is 2.34 bits per heavy atom. The van der Waals surface area contributed by atoms with Crippen LogP contribution in [0, 0.1) is 0 Å². The van der Waals surface area contributed by atoms with Crippen LogP contribution in [0.2, 0.25) is 0 Å². The van der Waals surface area contributed by atoms with E-state index in [4.69, 9.17) is 17.0 Å². The van der Waals surface area contributed by atoms with Crippen LogP contribution in [0.4, 0.5) is 5.69 Å². The summed E-state index contributed by atoms with van der Waals surface area (Å²) in [4.78, 5) is 27.2. The fourth-order valence-corrected chi connectivity index (χ4v) is 4.35. The molecule has 7 heteroatoms. The quantitative estimate of drug-likeness (QED) is 0.249. The first-order valence-electron chi connectivity index (χ1n) is 12.3. The molecule has 1 atom stereocenters. The summed E-state index contributed by atoms with van der Waals surface area (Å²) in [5, 5.41) is 6.71. The van der Waals surface area contributed by atoms with Gasteiger partial charge in [-0.2, -0.15) is 0 Å².